The normalized spacial score (nSPS) is 13.6. The molecule has 24 heavy (non-hydrogen) atoms. The number of amides is 1. The summed E-state index contributed by atoms with van der Waals surface area (Å²) in [4.78, 5) is 25.2. The molecule has 1 aliphatic carbocycles. The van der Waals surface area contributed by atoms with Gasteiger partial charge in [0.15, 0.2) is 0 Å². The lowest BCUT2D eigenvalue weighted by molar-refractivity contribution is -0.140. The van der Waals surface area contributed by atoms with Crippen LogP contribution in [0.3, 0.4) is 0 Å². The Hall–Kier alpha value is -2.66. The molecule has 1 aromatic heterocycles. The molecule has 0 aliphatic heterocycles. The molecule has 1 amide bonds. The van der Waals surface area contributed by atoms with Crippen molar-refractivity contribution in [1.29, 1.82) is 0 Å². The fraction of sp³-hybridized carbons (Fsp3) is 0.158. The highest BCUT2D eigenvalue weighted by Crippen LogP contribution is 2.36. The first-order valence-corrected chi connectivity index (χ1v) is 8.49. The van der Waals surface area contributed by atoms with Crippen molar-refractivity contribution in [2.75, 3.05) is 4.90 Å². The van der Waals surface area contributed by atoms with Crippen LogP contribution in [-0.4, -0.2) is 17.0 Å². The van der Waals surface area contributed by atoms with Gasteiger partial charge in [0, 0.05) is 27.6 Å². The number of anilines is 1. The largest absolute Gasteiger partial charge is 0.481 e. The number of hydrogen-bond acceptors (Lipinski definition) is 3. The van der Waals surface area contributed by atoms with Crippen molar-refractivity contribution in [3.63, 3.8) is 0 Å². The van der Waals surface area contributed by atoms with Crippen molar-refractivity contribution in [2.45, 2.75) is 19.8 Å². The topological polar surface area (TPSA) is 57.6 Å². The Kier molecular flexibility index (Phi) is 4.62. The monoisotopic (exact) mass is 339 g/mol. The van der Waals surface area contributed by atoms with Gasteiger partial charge in [-0.1, -0.05) is 36.4 Å². The zero-order valence-electron chi connectivity index (χ0n) is 13.2. The Labute approximate surface area is 144 Å². The molecule has 2 aromatic rings. The number of nitrogens with zero attached hydrogens (tertiary/aromatic N) is 1. The van der Waals surface area contributed by atoms with E-state index < -0.39 is 18.3 Å². The van der Waals surface area contributed by atoms with Crippen molar-refractivity contribution >= 4 is 39.0 Å². The van der Waals surface area contributed by atoms with Gasteiger partial charge in [-0.05, 0) is 24.6 Å². The Morgan fingerprint density at radius 2 is 2.08 bits per heavy atom. The zero-order chi connectivity index (χ0) is 17.1. The third-order valence-corrected chi connectivity index (χ3v) is 4.70. The van der Waals surface area contributed by atoms with Gasteiger partial charge in [-0.2, -0.15) is 0 Å². The van der Waals surface area contributed by atoms with E-state index in [0.717, 1.165) is 27.0 Å². The minimum absolute atomic E-state index is 0.433. The summed E-state index contributed by atoms with van der Waals surface area (Å²) in [6.07, 6.45) is 9.51. The lowest BCUT2D eigenvalue weighted by atomic mass is 10.1. The second kappa shape index (κ2) is 6.84. The molecule has 4 nitrogen and oxygen atoms in total. The number of hydrogen-bond donors (Lipinski definition) is 1. The SMILES string of the molecule is Cc1ccc2c(N(C(=O)CC(=O)O)C3=CC=CC=CC3)csc2c1. The Morgan fingerprint density at radius 1 is 1.25 bits per heavy atom. The molecule has 1 heterocycles. The maximum Gasteiger partial charge on any atom is 0.312 e. The third kappa shape index (κ3) is 3.31. The van der Waals surface area contributed by atoms with Crippen molar-refractivity contribution in [3.05, 3.63) is 65.2 Å². The summed E-state index contributed by atoms with van der Waals surface area (Å²) >= 11 is 1.56. The average molecular weight is 339 g/mol. The standard InChI is InChI=1S/C19H17NO3S/c1-13-8-9-15-16(12-24-17(15)10-13)20(18(21)11-19(22)23)14-6-4-2-3-5-7-14/h2-6,8-10,12H,7,11H2,1H3,(H,22,23). The van der Waals surface area contributed by atoms with E-state index in [1.807, 2.05) is 54.8 Å². The molecule has 3 rings (SSSR count). The summed E-state index contributed by atoms with van der Waals surface area (Å²) in [7, 11) is 0. The molecule has 0 atom stereocenters. The number of aliphatic carboxylic acids is 1. The second-order valence-electron chi connectivity index (χ2n) is 5.60. The first kappa shape index (κ1) is 16.2. The van der Waals surface area contributed by atoms with Gasteiger partial charge in [0.1, 0.15) is 6.42 Å². The van der Waals surface area contributed by atoms with Crippen molar-refractivity contribution in [1.82, 2.24) is 0 Å². The molecule has 0 unspecified atom stereocenters. The molecule has 0 fully saturated rings. The van der Waals surface area contributed by atoms with E-state index >= 15 is 0 Å². The first-order valence-electron chi connectivity index (χ1n) is 7.61. The van der Waals surface area contributed by atoms with Gasteiger partial charge in [-0.3, -0.25) is 14.5 Å². The lowest BCUT2D eigenvalue weighted by Gasteiger charge is -2.24. The average Bonchev–Trinajstić information content (AvgIpc) is 2.75. The molecule has 1 aromatic carbocycles. The van der Waals surface area contributed by atoms with Crippen LogP contribution in [0.5, 0.6) is 0 Å². The van der Waals surface area contributed by atoms with E-state index in [0.29, 0.717) is 6.42 Å². The van der Waals surface area contributed by atoms with Crippen LogP contribution in [0.25, 0.3) is 10.1 Å². The third-order valence-electron chi connectivity index (χ3n) is 3.76. The Balaban J connectivity index is 2.10. The van der Waals surface area contributed by atoms with E-state index in [-0.39, 0.29) is 0 Å². The smallest absolute Gasteiger partial charge is 0.312 e. The molecule has 0 radical (unpaired) electrons. The van der Waals surface area contributed by atoms with Gasteiger partial charge in [0.2, 0.25) is 5.91 Å². The highest BCUT2D eigenvalue weighted by molar-refractivity contribution is 7.17. The molecular formula is C19H17NO3S. The van der Waals surface area contributed by atoms with Crippen LogP contribution >= 0.6 is 11.3 Å². The summed E-state index contributed by atoms with van der Waals surface area (Å²) in [6, 6.07) is 6.06. The maximum atomic E-state index is 12.6. The lowest BCUT2D eigenvalue weighted by Crippen LogP contribution is -2.31. The van der Waals surface area contributed by atoms with Gasteiger partial charge >= 0.3 is 5.97 Å². The molecule has 0 bridgehead atoms. The van der Waals surface area contributed by atoms with Crippen LogP contribution in [0.2, 0.25) is 0 Å². The highest BCUT2D eigenvalue weighted by Gasteiger charge is 2.24. The van der Waals surface area contributed by atoms with Crippen molar-refractivity contribution in [3.8, 4) is 0 Å². The number of carbonyl (C=O) groups is 2. The van der Waals surface area contributed by atoms with Gasteiger partial charge < -0.3 is 5.11 Å². The van der Waals surface area contributed by atoms with Crippen LogP contribution in [0, 0.1) is 6.92 Å². The Bertz CT molecular complexity index is 889. The van der Waals surface area contributed by atoms with Gasteiger partial charge in [-0.25, -0.2) is 0 Å². The predicted octanol–water partition coefficient (Wildman–Crippen LogP) is 4.42. The van der Waals surface area contributed by atoms with Crippen molar-refractivity contribution in [2.24, 2.45) is 0 Å². The van der Waals surface area contributed by atoms with Crippen LogP contribution in [0.1, 0.15) is 18.4 Å². The maximum absolute atomic E-state index is 12.6. The number of carboxylic acid groups (broad SMARTS) is 1. The zero-order valence-corrected chi connectivity index (χ0v) is 14.0. The minimum atomic E-state index is -1.12. The molecule has 122 valence electrons. The number of rotatable bonds is 4. The van der Waals surface area contributed by atoms with E-state index in [2.05, 4.69) is 6.07 Å². The number of carboxylic acids is 1. The number of fused-ring (bicyclic) bond motifs is 1. The predicted molar refractivity (Wildman–Crippen MR) is 97.3 cm³/mol. The number of thiophene rings is 1. The summed E-state index contributed by atoms with van der Waals surface area (Å²) in [5.41, 5.74) is 2.67. The Morgan fingerprint density at radius 3 is 2.88 bits per heavy atom. The number of benzene rings is 1. The summed E-state index contributed by atoms with van der Waals surface area (Å²) in [5.74, 6) is -1.56. The fourth-order valence-corrected chi connectivity index (χ4v) is 3.71. The number of aryl methyl sites for hydroxylation is 1. The molecule has 1 N–H and O–H groups in total. The number of carbonyl (C=O) groups excluding carboxylic acids is 1. The van der Waals surface area contributed by atoms with E-state index in [9.17, 15) is 9.59 Å². The van der Waals surface area contributed by atoms with Crippen LogP contribution in [0.15, 0.2) is 59.7 Å². The summed E-state index contributed by atoms with van der Waals surface area (Å²) in [6.45, 7) is 2.02. The molecule has 1 aliphatic rings. The second-order valence-corrected chi connectivity index (χ2v) is 6.51. The molecule has 0 saturated heterocycles. The van der Waals surface area contributed by atoms with E-state index in [4.69, 9.17) is 5.11 Å². The van der Waals surface area contributed by atoms with Crippen LogP contribution in [0.4, 0.5) is 5.69 Å². The molecular weight excluding hydrogens is 322 g/mol. The first-order chi connectivity index (χ1) is 11.6. The molecule has 5 heteroatoms. The summed E-state index contributed by atoms with van der Waals surface area (Å²) in [5, 5.41) is 11.9. The summed E-state index contributed by atoms with van der Waals surface area (Å²) < 4.78 is 1.08. The van der Waals surface area contributed by atoms with Crippen LogP contribution in [-0.2, 0) is 9.59 Å². The van der Waals surface area contributed by atoms with Crippen LogP contribution < -0.4 is 4.90 Å². The van der Waals surface area contributed by atoms with Gasteiger partial charge in [0.05, 0.1) is 5.69 Å². The fourth-order valence-electron chi connectivity index (χ4n) is 2.68. The van der Waals surface area contributed by atoms with Crippen molar-refractivity contribution < 1.29 is 14.7 Å². The minimum Gasteiger partial charge on any atom is -0.481 e. The van der Waals surface area contributed by atoms with Gasteiger partial charge in [0.25, 0.3) is 0 Å². The van der Waals surface area contributed by atoms with E-state index in [1.54, 1.807) is 16.2 Å². The number of allylic oxidation sites excluding steroid dienone is 5. The van der Waals surface area contributed by atoms with Gasteiger partial charge in [-0.15, -0.1) is 11.3 Å². The highest BCUT2D eigenvalue weighted by atomic mass is 32.1. The molecule has 0 spiro atoms. The van der Waals surface area contributed by atoms with E-state index in [1.165, 1.54) is 0 Å². The molecule has 0 saturated carbocycles. The quantitative estimate of drug-likeness (QED) is 0.839.